The van der Waals surface area contributed by atoms with Crippen molar-refractivity contribution in [1.29, 1.82) is 0 Å². The first-order chi connectivity index (χ1) is 12.7. The van der Waals surface area contributed by atoms with Crippen molar-refractivity contribution in [2.75, 3.05) is 13.3 Å². The van der Waals surface area contributed by atoms with Gasteiger partial charge in [0.05, 0.1) is 0 Å². The minimum Gasteiger partial charge on any atom is -0.105 e. The van der Waals surface area contributed by atoms with Gasteiger partial charge in [-0.3, -0.25) is 0 Å². The van der Waals surface area contributed by atoms with Crippen LogP contribution in [0.1, 0.15) is 109 Å². The molecule has 0 bridgehead atoms. The van der Waals surface area contributed by atoms with Gasteiger partial charge in [0.1, 0.15) is 0 Å². The number of hydrogen-bond donors (Lipinski definition) is 0. The predicted molar refractivity (Wildman–Crippen MR) is 123 cm³/mol. The number of benzene rings is 1. The van der Waals surface area contributed by atoms with Crippen LogP contribution in [0.2, 0.25) is 0 Å². The van der Waals surface area contributed by atoms with Crippen molar-refractivity contribution in [3.63, 3.8) is 0 Å². The Morgan fingerprint density at radius 2 is 1.12 bits per heavy atom. The maximum absolute atomic E-state index is 2.50. The number of hydrogen-bond acceptors (Lipinski definition) is 0. The summed E-state index contributed by atoms with van der Waals surface area (Å²) >= 11 is 0. The van der Waals surface area contributed by atoms with E-state index in [4.69, 9.17) is 0 Å². The average molecular weight is 377 g/mol. The van der Waals surface area contributed by atoms with E-state index in [0.29, 0.717) is 0 Å². The summed E-state index contributed by atoms with van der Waals surface area (Å²) in [6.45, 7) is 9.62. The summed E-state index contributed by atoms with van der Waals surface area (Å²) in [6, 6.07) is 11.4. The van der Waals surface area contributed by atoms with Crippen molar-refractivity contribution in [3.05, 3.63) is 35.9 Å². The van der Waals surface area contributed by atoms with Gasteiger partial charge in [0.15, 0.2) is 0 Å². The Bertz CT molecular complexity index is 411. The molecular formula is C25H45P. The standard InChI is InChI=1S/C25H45P/c1-5-7-9-11-12-13-16-20-23(19-15-10-8-6-2)25(26(3)4)24-21-17-14-18-22-24/h14,17-18,21-23,25H,5-13,15-16,19-20H2,1-4H3. The number of rotatable bonds is 16. The van der Waals surface area contributed by atoms with Crippen LogP contribution < -0.4 is 0 Å². The summed E-state index contributed by atoms with van der Waals surface area (Å²) in [6.07, 6.45) is 18.5. The van der Waals surface area contributed by atoms with E-state index in [1.165, 1.54) is 83.5 Å². The summed E-state index contributed by atoms with van der Waals surface area (Å²) < 4.78 is 0. The summed E-state index contributed by atoms with van der Waals surface area (Å²) in [5.41, 5.74) is 2.40. The Morgan fingerprint density at radius 1 is 0.654 bits per heavy atom. The molecule has 0 radical (unpaired) electrons. The normalized spacial score (nSPS) is 13.9. The smallest absolute Gasteiger partial charge is 0.00651 e. The van der Waals surface area contributed by atoms with Crippen LogP contribution in [0.15, 0.2) is 30.3 Å². The Balaban J connectivity index is 2.57. The van der Waals surface area contributed by atoms with Gasteiger partial charge < -0.3 is 0 Å². The van der Waals surface area contributed by atoms with Crippen LogP contribution in [0, 0.1) is 5.92 Å². The molecule has 26 heavy (non-hydrogen) atoms. The van der Waals surface area contributed by atoms with Crippen LogP contribution in [0.5, 0.6) is 0 Å². The second-order valence-electron chi connectivity index (χ2n) is 8.34. The van der Waals surface area contributed by atoms with E-state index in [2.05, 4.69) is 57.5 Å². The van der Waals surface area contributed by atoms with E-state index in [1.807, 2.05) is 0 Å². The molecule has 0 nitrogen and oxygen atoms in total. The fourth-order valence-corrected chi connectivity index (χ4v) is 6.21. The third-order valence-electron chi connectivity index (χ3n) is 5.75. The van der Waals surface area contributed by atoms with Gasteiger partial charge in [0, 0.05) is 5.66 Å². The molecule has 1 aromatic rings. The molecule has 2 atom stereocenters. The summed E-state index contributed by atoms with van der Waals surface area (Å²) in [4.78, 5) is 0. The van der Waals surface area contributed by atoms with Crippen LogP contribution >= 0.6 is 7.92 Å². The molecule has 1 aromatic carbocycles. The molecule has 1 rings (SSSR count). The molecule has 0 spiro atoms. The minimum atomic E-state index is 0.0635. The van der Waals surface area contributed by atoms with Crippen molar-refractivity contribution in [1.82, 2.24) is 0 Å². The van der Waals surface area contributed by atoms with Crippen LogP contribution in [0.3, 0.4) is 0 Å². The lowest BCUT2D eigenvalue weighted by atomic mass is 9.88. The summed E-state index contributed by atoms with van der Waals surface area (Å²) in [5, 5.41) is 0. The lowest BCUT2D eigenvalue weighted by molar-refractivity contribution is 0.393. The first kappa shape index (κ1) is 23.7. The molecular weight excluding hydrogens is 331 g/mol. The SMILES string of the molecule is CCCCCCCCCC(CCCCCC)C(c1ccccc1)P(C)C. The monoisotopic (exact) mass is 376 g/mol. The van der Waals surface area contributed by atoms with E-state index in [9.17, 15) is 0 Å². The van der Waals surface area contributed by atoms with Gasteiger partial charge in [-0.15, -0.1) is 7.92 Å². The lowest BCUT2D eigenvalue weighted by Gasteiger charge is -2.31. The summed E-state index contributed by atoms with van der Waals surface area (Å²) in [5.74, 6) is 0.894. The third kappa shape index (κ3) is 10.1. The maximum Gasteiger partial charge on any atom is 0.00651 e. The Morgan fingerprint density at radius 3 is 1.62 bits per heavy atom. The fourth-order valence-electron chi connectivity index (χ4n) is 4.30. The van der Waals surface area contributed by atoms with Crippen LogP contribution in [0.25, 0.3) is 0 Å². The van der Waals surface area contributed by atoms with Crippen molar-refractivity contribution in [3.8, 4) is 0 Å². The topological polar surface area (TPSA) is 0 Å². The molecule has 0 saturated heterocycles. The molecule has 0 N–H and O–H groups in total. The molecule has 0 aliphatic rings. The zero-order chi connectivity index (χ0) is 19.0. The van der Waals surface area contributed by atoms with E-state index in [-0.39, 0.29) is 7.92 Å². The third-order valence-corrected chi connectivity index (χ3v) is 7.58. The molecule has 0 aromatic heterocycles. The second kappa shape index (κ2) is 15.7. The molecule has 1 heteroatoms. The fraction of sp³-hybridized carbons (Fsp3) is 0.760. The largest absolute Gasteiger partial charge is 0.105 e. The Labute approximate surface area is 166 Å². The highest BCUT2D eigenvalue weighted by Crippen LogP contribution is 2.52. The highest BCUT2D eigenvalue weighted by molar-refractivity contribution is 7.56. The average Bonchev–Trinajstić information content (AvgIpc) is 2.64. The van der Waals surface area contributed by atoms with Gasteiger partial charge in [-0.2, -0.15) is 0 Å². The Hall–Kier alpha value is -0.350. The van der Waals surface area contributed by atoms with Gasteiger partial charge in [-0.1, -0.05) is 115 Å². The quantitative estimate of drug-likeness (QED) is 0.199. The van der Waals surface area contributed by atoms with E-state index < -0.39 is 0 Å². The minimum absolute atomic E-state index is 0.0635. The molecule has 150 valence electrons. The van der Waals surface area contributed by atoms with E-state index in [0.717, 1.165) is 11.6 Å². The predicted octanol–water partition coefficient (Wildman–Crippen LogP) is 9.20. The lowest BCUT2D eigenvalue weighted by Crippen LogP contribution is -2.12. The van der Waals surface area contributed by atoms with Crippen molar-refractivity contribution < 1.29 is 0 Å². The van der Waals surface area contributed by atoms with Crippen LogP contribution in [-0.4, -0.2) is 13.3 Å². The summed E-state index contributed by atoms with van der Waals surface area (Å²) in [7, 11) is 0.0635. The van der Waals surface area contributed by atoms with Gasteiger partial charge in [-0.25, -0.2) is 0 Å². The van der Waals surface area contributed by atoms with Gasteiger partial charge in [0.2, 0.25) is 0 Å². The highest BCUT2D eigenvalue weighted by atomic mass is 31.1. The van der Waals surface area contributed by atoms with Gasteiger partial charge >= 0.3 is 0 Å². The second-order valence-corrected chi connectivity index (χ2v) is 10.8. The van der Waals surface area contributed by atoms with E-state index >= 15 is 0 Å². The molecule has 2 unspecified atom stereocenters. The van der Waals surface area contributed by atoms with Crippen molar-refractivity contribution in [2.45, 2.75) is 103 Å². The zero-order valence-electron chi connectivity index (χ0n) is 18.2. The molecule has 0 amide bonds. The van der Waals surface area contributed by atoms with Gasteiger partial charge in [0.25, 0.3) is 0 Å². The first-order valence-electron chi connectivity index (χ1n) is 11.4. The number of unbranched alkanes of at least 4 members (excludes halogenated alkanes) is 9. The maximum atomic E-state index is 2.50. The highest BCUT2D eigenvalue weighted by Gasteiger charge is 2.25. The van der Waals surface area contributed by atoms with Crippen molar-refractivity contribution in [2.24, 2.45) is 5.92 Å². The molecule has 0 fully saturated rings. The first-order valence-corrected chi connectivity index (χ1v) is 13.7. The Kier molecular flexibility index (Phi) is 14.3. The molecule has 0 saturated carbocycles. The molecule has 0 aliphatic heterocycles. The van der Waals surface area contributed by atoms with Gasteiger partial charge in [-0.05, 0) is 37.7 Å². The van der Waals surface area contributed by atoms with Crippen LogP contribution in [-0.2, 0) is 0 Å². The molecule has 0 aliphatic carbocycles. The van der Waals surface area contributed by atoms with E-state index in [1.54, 1.807) is 5.56 Å². The zero-order valence-corrected chi connectivity index (χ0v) is 19.1. The van der Waals surface area contributed by atoms with Crippen molar-refractivity contribution >= 4 is 7.92 Å². The molecule has 0 heterocycles. The van der Waals surface area contributed by atoms with Crippen LogP contribution in [0.4, 0.5) is 0 Å².